The lowest BCUT2D eigenvalue weighted by molar-refractivity contribution is 1.18. The van der Waals surface area contributed by atoms with Crippen molar-refractivity contribution in [1.29, 1.82) is 0 Å². The van der Waals surface area contributed by atoms with Gasteiger partial charge < -0.3 is 9.13 Å². The molecule has 0 aliphatic rings. The number of hydrogen-bond donors (Lipinski definition) is 0. The van der Waals surface area contributed by atoms with Crippen LogP contribution in [0.1, 0.15) is 0 Å². The zero-order valence-electron chi connectivity index (χ0n) is 27.4. The summed E-state index contributed by atoms with van der Waals surface area (Å²) in [6.07, 6.45) is 0. The summed E-state index contributed by atoms with van der Waals surface area (Å²) in [5.41, 5.74) is 14.4. The molecule has 0 unspecified atom stereocenters. The van der Waals surface area contributed by atoms with Gasteiger partial charge in [-0.1, -0.05) is 158 Å². The molecule has 2 nitrogen and oxygen atoms in total. The van der Waals surface area contributed by atoms with Crippen molar-refractivity contribution in [3.63, 3.8) is 0 Å². The normalized spacial score (nSPS) is 11.6. The Morgan fingerprint density at radius 3 is 1.42 bits per heavy atom. The molecule has 0 aliphatic carbocycles. The minimum atomic E-state index is 1.17. The highest BCUT2D eigenvalue weighted by Crippen LogP contribution is 2.44. The van der Waals surface area contributed by atoms with E-state index in [9.17, 15) is 0 Å². The first kappa shape index (κ1) is 28.4. The van der Waals surface area contributed by atoms with Crippen LogP contribution >= 0.6 is 0 Å². The quantitative estimate of drug-likeness (QED) is 0.178. The first-order chi connectivity index (χ1) is 24.8. The van der Waals surface area contributed by atoms with Gasteiger partial charge in [0.1, 0.15) is 0 Å². The van der Waals surface area contributed by atoms with Gasteiger partial charge in [0.05, 0.1) is 27.8 Å². The predicted molar refractivity (Wildman–Crippen MR) is 211 cm³/mol. The molecule has 8 aromatic carbocycles. The molecule has 0 N–H and O–H groups in total. The molecule has 2 heterocycles. The molecular formula is C48H32N2. The second-order valence-electron chi connectivity index (χ2n) is 12.9. The smallest absolute Gasteiger partial charge is 0.0619 e. The standard InChI is InChI=1S/C48H32N2/c1-4-16-33(17-5-1)37-24-14-25-38(34-18-6-2-7-19-34)47(37)50-45-29-13-10-22-40(45)42-27-15-26-39(48(42)50)35-30-31-46-43(32-35)41-23-11-12-28-44(41)49(46)36-20-8-3-9-21-36/h1-32H. The second kappa shape index (κ2) is 11.5. The Labute approximate surface area is 290 Å². The van der Waals surface area contributed by atoms with Gasteiger partial charge in [-0.05, 0) is 53.1 Å². The van der Waals surface area contributed by atoms with Crippen LogP contribution in [0.2, 0.25) is 0 Å². The molecule has 10 aromatic rings. The van der Waals surface area contributed by atoms with Crippen molar-refractivity contribution in [3.05, 3.63) is 194 Å². The maximum atomic E-state index is 2.53. The van der Waals surface area contributed by atoms with Crippen LogP contribution in [0.5, 0.6) is 0 Å². The lowest BCUT2D eigenvalue weighted by Gasteiger charge is -2.20. The van der Waals surface area contributed by atoms with E-state index in [1.165, 1.54) is 88.4 Å². The van der Waals surface area contributed by atoms with Crippen LogP contribution in [-0.4, -0.2) is 9.13 Å². The SMILES string of the molecule is c1ccc(-c2cccc(-c3ccccc3)c2-n2c3ccccc3c3cccc(-c4ccc5c(c4)c4ccccc4n5-c4ccccc4)c32)cc1. The Bertz CT molecular complexity index is 2780. The minimum Gasteiger partial charge on any atom is -0.309 e. The van der Waals surface area contributed by atoms with Gasteiger partial charge >= 0.3 is 0 Å². The molecule has 10 rings (SSSR count). The van der Waals surface area contributed by atoms with Crippen molar-refractivity contribution in [3.8, 4) is 44.8 Å². The van der Waals surface area contributed by atoms with E-state index in [4.69, 9.17) is 0 Å². The Balaban J connectivity index is 1.32. The molecule has 0 fully saturated rings. The van der Waals surface area contributed by atoms with Gasteiger partial charge in [0.25, 0.3) is 0 Å². The van der Waals surface area contributed by atoms with E-state index < -0.39 is 0 Å². The molecule has 0 saturated heterocycles. The first-order valence-corrected chi connectivity index (χ1v) is 17.2. The van der Waals surface area contributed by atoms with Crippen molar-refractivity contribution < 1.29 is 0 Å². The van der Waals surface area contributed by atoms with Crippen molar-refractivity contribution in [2.24, 2.45) is 0 Å². The highest BCUT2D eigenvalue weighted by Gasteiger charge is 2.22. The fourth-order valence-corrected chi connectivity index (χ4v) is 7.97. The van der Waals surface area contributed by atoms with Gasteiger partial charge in [-0.15, -0.1) is 0 Å². The Morgan fingerprint density at radius 1 is 0.280 bits per heavy atom. The van der Waals surface area contributed by atoms with Crippen molar-refractivity contribution in [1.82, 2.24) is 9.13 Å². The molecule has 0 aliphatic heterocycles. The molecule has 2 heteroatoms. The van der Waals surface area contributed by atoms with E-state index in [1.54, 1.807) is 0 Å². The highest BCUT2D eigenvalue weighted by molar-refractivity contribution is 6.16. The average molecular weight is 637 g/mol. The Morgan fingerprint density at radius 2 is 0.760 bits per heavy atom. The number of fused-ring (bicyclic) bond motifs is 6. The summed E-state index contributed by atoms with van der Waals surface area (Å²) in [4.78, 5) is 0. The number of hydrogen-bond acceptors (Lipinski definition) is 0. The molecule has 234 valence electrons. The zero-order valence-corrected chi connectivity index (χ0v) is 27.4. The fraction of sp³-hybridized carbons (Fsp3) is 0. The number of para-hydroxylation sites is 5. The van der Waals surface area contributed by atoms with Gasteiger partial charge in [0, 0.05) is 43.9 Å². The van der Waals surface area contributed by atoms with Gasteiger partial charge in [0.15, 0.2) is 0 Å². The summed E-state index contributed by atoms with van der Waals surface area (Å²) in [5.74, 6) is 0. The van der Waals surface area contributed by atoms with Crippen molar-refractivity contribution in [2.45, 2.75) is 0 Å². The van der Waals surface area contributed by atoms with E-state index in [-0.39, 0.29) is 0 Å². The van der Waals surface area contributed by atoms with Gasteiger partial charge in [0.2, 0.25) is 0 Å². The largest absolute Gasteiger partial charge is 0.309 e. The van der Waals surface area contributed by atoms with Crippen LogP contribution in [0.3, 0.4) is 0 Å². The number of benzene rings is 8. The molecule has 2 aromatic heterocycles. The average Bonchev–Trinajstić information content (AvgIpc) is 3.71. The molecule has 0 radical (unpaired) electrons. The summed E-state index contributed by atoms with van der Waals surface area (Å²) in [6, 6.07) is 70.4. The molecule has 50 heavy (non-hydrogen) atoms. The van der Waals surface area contributed by atoms with Crippen LogP contribution in [0.4, 0.5) is 0 Å². The maximum absolute atomic E-state index is 2.53. The molecule has 0 spiro atoms. The lowest BCUT2D eigenvalue weighted by Crippen LogP contribution is -2.01. The summed E-state index contributed by atoms with van der Waals surface area (Å²) in [5, 5.41) is 4.98. The van der Waals surface area contributed by atoms with Gasteiger partial charge in [-0.2, -0.15) is 0 Å². The topological polar surface area (TPSA) is 9.86 Å². The van der Waals surface area contributed by atoms with E-state index in [2.05, 4.69) is 203 Å². The van der Waals surface area contributed by atoms with Crippen LogP contribution in [0.15, 0.2) is 194 Å². The maximum Gasteiger partial charge on any atom is 0.0619 e. The van der Waals surface area contributed by atoms with E-state index in [0.29, 0.717) is 0 Å². The van der Waals surface area contributed by atoms with Crippen LogP contribution in [-0.2, 0) is 0 Å². The van der Waals surface area contributed by atoms with E-state index >= 15 is 0 Å². The van der Waals surface area contributed by atoms with Crippen LogP contribution in [0, 0.1) is 0 Å². The summed E-state index contributed by atoms with van der Waals surface area (Å²) in [6.45, 7) is 0. The minimum absolute atomic E-state index is 1.17. The third kappa shape index (κ3) is 4.36. The predicted octanol–water partition coefficient (Wildman–Crippen LogP) is 12.9. The van der Waals surface area contributed by atoms with Crippen molar-refractivity contribution >= 4 is 43.6 Å². The third-order valence-corrected chi connectivity index (χ3v) is 10.1. The highest BCUT2D eigenvalue weighted by atomic mass is 15.0. The molecular weight excluding hydrogens is 605 g/mol. The molecule has 0 amide bonds. The summed E-state index contributed by atoms with van der Waals surface area (Å²) < 4.78 is 4.91. The molecule has 0 bridgehead atoms. The van der Waals surface area contributed by atoms with Crippen LogP contribution in [0.25, 0.3) is 88.4 Å². The summed E-state index contributed by atoms with van der Waals surface area (Å²) in [7, 11) is 0. The summed E-state index contributed by atoms with van der Waals surface area (Å²) >= 11 is 0. The third-order valence-electron chi connectivity index (χ3n) is 10.1. The molecule has 0 saturated carbocycles. The zero-order chi connectivity index (χ0) is 33.0. The lowest BCUT2D eigenvalue weighted by atomic mass is 9.95. The number of aromatic nitrogens is 2. The monoisotopic (exact) mass is 636 g/mol. The van der Waals surface area contributed by atoms with Gasteiger partial charge in [-0.3, -0.25) is 0 Å². The van der Waals surface area contributed by atoms with Crippen molar-refractivity contribution in [2.75, 3.05) is 0 Å². The Kier molecular flexibility index (Phi) is 6.53. The van der Waals surface area contributed by atoms with E-state index in [0.717, 1.165) is 0 Å². The van der Waals surface area contributed by atoms with E-state index in [1.807, 2.05) is 0 Å². The second-order valence-corrected chi connectivity index (χ2v) is 12.9. The van der Waals surface area contributed by atoms with Crippen LogP contribution < -0.4 is 0 Å². The Hall–Kier alpha value is -6.64. The van der Waals surface area contributed by atoms with Gasteiger partial charge in [-0.25, -0.2) is 0 Å². The fourth-order valence-electron chi connectivity index (χ4n) is 7.97. The first-order valence-electron chi connectivity index (χ1n) is 17.2. The number of nitrogens with zero attached hydrogens (tertiary/aromatic N) is 2. The molecule has 0 atom stereocenters. The number of rotatable bonds is 5.